The molecule has 6 N–H and O–H groups in total. The van der Waals surface area contributed by atoms with E-state index in [1.54, 1.807) is 0 Å². The molecule has 0 saturated heterocycles. The van der Waals surface area contributed by atoms with E-state index < -0.39 is 40.9 Å². The molecular weight excluding hydrogens is 328 g/mol. The molecule has 0 aromatic carbocycles. The summed E-state index contributed by atoms with van der Waals surface area (Å²) in [4.78, 5) is 22.5. The number of allylic oxidation sites excluding steroid dienone is 2. The second-order valence-corrected chi connectivity index (χ2v) is 6.09. The van der Waals surface area contributed by atoms with E-state index in [4.69, 9.17) is 15.4 Å². The van der Waals surface area contributed by atoms with Gasteiger partial charge < -0.3 is 25.4 Å². The van der Waals surface area contributed by atoms with Crippen LogP contribution in [-0.4, -0.2) is 48.5 Å². The molecule has 1 rings (SSSR count). The average Bonchev–Trinajstić information content (AvgIpc) is 2.40. The summed E-state index contributed by atoms with van der Waals surface area (Å²) in [6, 6.07) is -2.04. The summed E-state index contributed by atoms with van der Waals surface area (Å²) in [6.07, 6.45) is 3.02. The van der Waals surface area contributed by atoms with E-state index in [9.17, 15) is 18.9 Å². The smallest absolute Gasteiger partial charge is 0.357 e. The van der Waals surface area contributed by atoms with Crippen LogP contribution in [0.25, 0.3) is 0 Å². The van der Waals surface area contributed by atoms with Crippen molar-refractivity contribution < 1.29 is 32.7 Å². The Labute approximate surface area is 135 Å². The summed E-state index contributed by atoms with van der Waals surface area (Å²) in [6.45, 7) is 2.72. The fourth-order valence-corrected chi connectivity index (χ4v) is 2.44. The van der Waals surface area contributed by atoms with Crippen LogP contribution in [0.15, 0.2) is 23.5 Å². The zero-order valence-electron chi connectivity index (χ0n) is 12.7. The maximum absolute atomic E-state index is 11.8. The minimum absolute atomic E-state index is 0.0610. The maximum atomic E-state index is 11.8. The maximum Gasteiger partial charge on any atom is 0.357 e. The van der Waals surface area contributed by atoms with Crippen LogP contribution < -0.4 is 11.1 Å². The second kappa shape index (κ2) is 7.68. The molecular formula is C13H20N2O7S. The lowest BCUT2D eigenvalue weighted by Crippen LogP contribution is -2.47. The minimum atomic E-state index is -2.55. The van der Waals surface area contributed by atoms with E-state index >= 15 is 0 Å². The van der Waals surface area contributed by atoms with Gasteiger partial charge in [0.05, 0.1) is 6.04 Å². The number of amides is 1. The van der Waals surface area contributed by atoms with Crippen LogP contribution in [0.5, 0.6) is 0 Å². The Balaban J connectivity index is 2.72. The number of carboxylic acid groups (broad SMARTS) is 1. The molecule has 1 amide bonds. The number of hydrogen-bond acceptors (Lipinski definition) is 6. The van der Waals surface area contributed by atoms with Gasteiger partial charge in [-0.05, 0) is 26.3 Å². The van der Waals surface area contributed by atoms with E-state index in [1.165, 1.54) is 26.0 Å². The third kappa shape index (κ3) is 5.75. The number of carbonyl (C=O) groups excluding carboxylic acids is 1. The van der Waals surface area contributed by atoms with E-state index in [0.29, 0.717) is 5.57 Å². The van der Waals surface area contributed by atoms with Gasteiger partial charge in [-0.1, -0.05) is 11.6 Å². The van der Waals surface area contributed by atoms with E-state index in [2.05, 4.69) is 9.50 Å². The summed E-state index contributed by atoms with van der Waals surface area (Å²) in [7, 11) is 0. The topological polar surface area (TPSA) is 159 Å². The van der Waals surface area contributed by atoms with Crippen LogP contribution in [0.2, 0.25) is 0 Å². The number of carbonyl (C=O) groups is 2. The Hall–Kier alpha value is -1.75. The van der Waals surface area contributed by atoms with Crippen LogP contribution in [0, 0.1) is 0 Å². The van der Waals surface area contributed by atoms with Gasteiger partial charge in [0, 0.05) is 6.42 Å². The molecule has 0 aliphatic heterocycles. The molecule has 23 heavy (non-hydrogen) atoms. The van der Waals surface area contributed by atoms with Crippen LogP contribution in [0.4, 0.5) is 0 Å². The largest absolute Gasteiger partial charge is 0.480 e. The van der Waals surface area contributed by atoms with Crippen LogP contribution >= 0.6 is 0 Å². The first-order chi connectivity index (χ1) is 10.5. The Morgan fingerprint density at radius 3 is 2.61 bits per heavy atom. The third-order valence-corrected chi connectivity index (χ3v) is 3.60. The number of rotatable bonds is 7. The van der Waals surface area contributed by atoms with Crippen LogP contribution in [0.1, 0.15) is 26.7 Å². The van der Waals surface area contributed by atoms with Crippen molar-refractivity contribution in [3.05, 3.63) is 23.5 Å². The van der Waals surface area contributed by atoms with Gasteiger partial charge in [0.15, 0.2) is 5.76 Å². The molecule has 0 radical (unpaired) electrons. The highest BCUT2D eigenvalue weighted by atomic mass is 32.2. The van der Waals surface area contributed by atoms with E-state index in [0.717, 1.165) is 0 Å². The van der Waals surface area contributed by atoms with E-state index in [-0.39, 0.29) is 18.6 Å². The van der Waals surface area contributed by atoms with Gasteiger partial charge in [0.2, 0.25) is 5.91 Å². The number of carboxylic acids is 1. The summed E-state index contributed by atoms with van der Waals surface area (Å²) in [5.41, 5.74) is 4.85. The number of hydrogen-bond donors (Lipinski definition) is 5. The van der Waals surface area contributed by atoms with Crippen LogP contribution in [-0.2, 0) is 25.1 Å². The van der Waals surface area contributed by atoms with Crippen molar-refractivity contribution in [3.8, 4) is 0 Å². The molecule has 0 saturated carbocycles. The third-order valence-electron chi connectivity index (χ3n) is 3.28. The standard InChI is InChI=1S/C13H20N2O7S/c1-7(12(17)18)15-11(16)9(14)5-8-3-4-10(22-23(20)21)13(2,19)6-8/h3-4,7,9,19H,5-6,14H2,1-2H3,(H,15,16)(H,17,18)(H,20,21)/t7-,9-,13?/m0/s1. The number of aliphatic hydroxyl groups is 1. The SMILES string of the molecule is C[C@H](NC(=O)[C@@H](N)CC1=CC=C(OS(=O)O)C(C)(O)C1)C(=O)O. The molecule has 0 spiro atoms. The van der Waals surface area contributed by atoms with Gasteiger partial charge in [0.1, 0.15) is 11.6 Å². The quantitative estimate of drug-likeness (QED) is 0.382. The highest BCUT2D eigenvalue weighted by molar-refractivity contribution is 7.74. The first kappa shape index (κ1) is 19.3. The van der Waals surface area contributed by atoms with Crippen LogP contribution in [0.3, 0.4) is 0 Å². The minimum Gasteiger partial charge on any atom is -0.480 e. The second-order valence-electron chi connectivity index (χ2n) is 5.49. The van der Waals surface area contributed by atoms with Crippen molar-refractivity contribution in [3.63, 3.8) is 0 Å². The molecule has 1 aliphatic rings. The lowest BCUT2D eigenvalue weighted by molar-refractivity contribution is -0.141. The summed E-state index contributed by atoms with van der Waals surface area (Å²) in [5.74, 6) is -1.87. The normalized spacial score (nSPS) is 24.7. The molecule has 0 aromatic heterocycles. The molecule has 0 heterocycles. The van der Waals surface area contributed by atoms with Gasteiger partial charge >= 0.3 is 17.3 Å². The number of nitrogens with two attached hydrogens (primary N) is 1. The predicted octanol–water partition coefficient (Wildman–Crippen LogP) is -0.589. The Kier molecular flexibility index (Phi) is 6.45. The monoisotopic (exact) mass is 348 g/mol. The summed E-state index contributed by atoms with van der Waals surface area (Å²) in [5, 5.41) is 21.2. The number of aliphatic carboxylic acids is 1. The van der Waals surface area contributed by atoms with Gasteiger partial charge in [-0.3, -0.25) is 14.1 Å². The molecule has 0 aromatic rings. The van der Waals surface area contributed by atoms with E-state index in [1.807, 2.05) is 0 Å². The van der Waals surface area contributed by atoms with Gasteiger partial charge in [-0.15, -0.1) is 0 Å². The van der Waals surface area contributed by atoms with Gasteiger partial charge in [-0.25, -0.2) is 0 Å². The average molecular weight is 348 g/mol. The lowest BCUT2D eigenvalue weighted by atomic mass is 9.87. The van der Waals surface area contributed by atoms with Crippen molar-refractivity contribution in [2.24, 2.45) is 5.73 Å². The van der Waals surface area contributed by atoms with Gasteiger partial charge in [-0.2, -0.15) is 4.21 Å². The zero-order chi connectivity index (χ0) is 17.8. The Morgan fingerprint density at radius 2 is 2.13 bits per heavy atom. The molecule has 0 bridgehead atoms. The lowest BCUT2D eigenvalue weighted by Gasteiger charge is -2.29. The fraction of sp³-hybridized carbons (Fsp3) is 0.538. The van der Waals surface area contributed by atoms with Crippen molar-refractivity contribution in [2.45, 2.75) is 44.4 Å². The molecule has 130 valence electrons. The first-order valence-corrected chi connectivity index (χ1v) is 7.76. The fourth-order valence-electron chi connectivity index (χ4n) is 2.05. The number of nitrogens with one attached hydrogen (secondary N) is 1. The Morgan fingerprint density at radius 1 is 1.52 bits per heavy atom. The Bertz CT molecular complexity index is 571. The molecule has 2 unspecified atom stereocenters. The highest BCUT2D eigenvalue weighted by Crippen LogP contribution is 2.32. The van der Waals surface area contributed by atoms with Crippen molar-refractivity contribution in [2.75, 3.05) is 0 Å². The molecule has 10 heteroatoms. The van der Waals surface area contributed by atoms with Crippen molar-refractivity contribution in [1.29, 1.82) is 0 Å². The summed E-state index contributed by atoms with van der Waals surface area (Å²) < 4.78 is 24.0. The molecule has 9 nitrogen and oxygen atoms in total. The van der Waals surface area contributed by atoms with Gasteiger partial charge in [0.25, 0.3) is 0 Å². The summed E-state index contributed by atoms with van der Waals surface area (Å²) >= 11 is -2.55. The molecule has 0 fully saturated rings. The highest BCUT2D eigenvalue weighted by Gasteiger charge is 2.33. The van der Waals surface area contributed by atoms with Crippen molar-refractivity contribution >= 4 is 23.2 Å². The predicted molar refractivity (Wildman–Crippen MR) is 81.1 cm³/mol. The molecule has 1 aliphatic carbocycles. The zero-order valence-corrected chi connectivity index (χ0v) is 13.5. The molecule has 4 atom stereocenters. The van der Waals surface area contributed by atoms with Crippen molar-refractivity contribution in [1.82, 2.24) is 5.32 Å². The first-order valence-electron chi connectivity index (χ1n) is 6.73.